The van der Waals surface area contributed by atoms with Gasteiger partial charge < -0.3 is 15.3 Å². The normalized spacial score (nSPS) is 22.8. The Morgan fingerprint density at radius 3 is 2.71 bits per heavy atom. The maximum absolute atomic E-state index is 12.3. The van der Waals surface area contributed by atoms with Gasteiger partial charge in [-0.15, -0.1) is 0 Å². The van der Waals surface area contributed by atoms with Crippen LogP contribution < -0.4 is 5.32 Å². The fourth-order valence-electron chi connectivity index (χ4n) is 2.40. The van der Waals surface area contributed by atoms with Crippen LogP contribution in [-0.2, 0) is 0 Å². The van der Waals surface area contributed by atoms with Crippen LogP contribution >= 0.6 is 23.2 Å². The minimum atomic E-state index is -0.695. The summed E-state index contributed by atoms with van der Waals surface area (Å²) in [7, 11) is 0. The number of anilines is 1. The molecule has 0 spiro atoms. The van der Waals surface area contributed by atoms with Crippen LogP contribution in [0.3, 0.4) is 0 Å². The highest BCUT2D eigenvalue weighted by Gasteiger charge is 2.27. The van der Waals surface area contributed by atoms with E-state index in [2.05, 4.69) is 5.32 Å². The summed E-state index contributed by atoms with van der Waals surface area (Å²) in [5, 5.41) is 13.9. The molecule has 1 unspecified atom stereocenters. The molecule has 1 aromatic carbocycles. The maximum Gasteiger partial charge on any atom is 0.321 e. The molecule has 2 amide bonds. The molecule has 1 aromatic rings. The smallest absolute Gasteiger partial charge is 0.321 e. The third kappa shape index (κ3) is 4.25. The molecular formula is C15H20Cl2N2O2. The number of aryl methyl sites for hydroxylation is 1. The molecule has 0 bridgehead atoms. The molecule has 0 radical (unpaired) electrons. The summed E-state index contributed by atoms with van der Waals surface area (Å²) in [5.41, 5.74) is 0.679. The topological polar surface area (TPSA) is 52.6 Å². The van der Waals surface area contributed by atoms with Crippen molar-refractivity contribution in [1.82, 2.24) is 4.90 Å². The Labute approximate surface area is 135 Å². The Morgan fingerprint density at radius 2 is 2.00 bits per heavy atom. The first-order chi connectivity index (χ1) is 9.78. The number of amides is 2. The first-order valence-electron chi connectivity index (χ1n) is 7.02. The number of carbonyl (C=O) groups excluding carboxylic acids is 1. The van der Waals surface area contributed by atoms with Gasteiger partial charge in [-0.1, -0.05) is 23.2 Å². The molecule has 21 heavy (non-hydrogen) atoms. The van der Waals surface area contributed by atoms with Crippen LogP contribution in [0.25, 0.3) is 0 Å². The monoisotopic (exact) mass is 330 g/mol. The Hall–Kier alpha value is -0.970. The Morgan fingerprint density at radius 1 is 1.29 bits per heavy atom. The highest BCUT2D eigenvalue weighted by Crippen LogP contribution is 2.29. The van der Waals surface area contributed by atoms with Crippen molar-refractivity contribution in [2.45, 2.75) is 38.7 Å². The number of benzene rings is 1. The van der Waals surface area contributed by atoms with E-state index in [0.717, 1.165) is 12.0 Å². The molecule has 4 nitrogen and oxygen atoms in total. The predicted molar refractivity (Wildman–Crippen MR) is 86.3 cm³/mol. The second-order valence-corrected chi connectivity index (χ2v) is 6.66. The highest BCUT2D eigenvalue weighted by molar-refractivity contribution is 6.36. The zero-order valence-electron chi connectivity index (χ0n) is 12.2. The van der Waals surface area contributed by atoms with Crippen LogP contribution in [0.2, 0.25) is 10.0 Å². The van der Waals surface area contributed by atoms with Gasteiger partial charge in [-0.3, -0.25) is 0 Å². The first-order valence-corrected chi connectivity index (χ1v) is 7.78. The highest BCUT2D eigenvalue weighted by atomic mass is 35.5. The molecule has 6 heteroatoms. The lowest BCUT2D eigenvalue weighted by Gasteiger charge is -2.23. The minimum absolute atomic E-state index is 0.213. The molecule has 0 saturated carbocycles. The third-order valence-corrected chi connectivity index (χ3v) is 4.56. The molecule has 1 aliphatic heterocycles. The van der Waals surface area contributed by atoms with Crippen molar-refractivity contribution in [2.24, 2.45) is 0 Å². The number of halogens is 2. The van der Waals surface area contributed by atoms with Crippen molar-refractivity contribution in [2.75, 3.05) is 18.4 Å². The number of urea groups is 1. The molecule has 1 saturated heterocycles. The van der Waals surface area contributed by atoms with Crippen LogP contribution in [0.5, 0.6) is 0 Å². The average molecular weight is 331 g/mol. The number of likely N-dealkylation sites (tertiary alicyclic amines) is 1. The van der Waals surface area contributed by atoms with Gasteiger partial charge in [0, 0.05) is 18.1 Å². The van der Waals surface area contributed by atoms with E-state index in [9.17, 15) is 9.90 Å². The van der Waals surface area contributed by atoms with Crippen LogP contribution in [0, 0.1) is 6.92 Å². The molecule has 1 atom stereocenters. The van der Waals surface area contributed by atoms with Gasteiger partial charge in [0.1, 0.15) is 0 Å². The van der Waals surface area contributed by atoms with Gasteiger partial charge in [0.25, 0.3) is 0 Å². The largest absolute Gasteiger partial charge is 0.390 e. The van der Waals surface area contributed by atoms with E-state index >= 15 is 0 Å². The zero-order valence-corrected chi connectivity index (χ0v) is 13.8. The number of hydrogen-bond donors (Lipinski definition) is 2. The number of rotatable bonds is 1. The molecule has 1 aliphatic rings. The van der Waals surface area contributed by atoms with E-state index in [1.807, 2.05) is 13.8 Å². The van der Waals surface area contributed by atoms with Crippen LogP contribution in [0.4, 0.5) is 10.5 Å². The lowest BCUT2D eigenvalue weighted by atomic mass is 9.98. The molecule has 116 valence electrons. The van der Waals surface area contributed by atoms with E-state index in [1.165, 1.54) is 0 Å². The van der Waals surface area contributed by atoms with Crippen molar-refractivity contribution >= 4 is 34.9 Å². The molecule has 0 aliphatic carbocycles. The Balaban J connectivity index is 2.06. The van der Waals surface area contributed by atoms with E-state index in [0.29, 0.717) is 41.7 Å². The van der Waals surface area contributed by atoms with Gasteiger partial charge in [-0.2, -0.15) is 0 Å². The summed E-state index contributed by atoms with van der Waals surface area (Å²) in [5.74, 6) is 0. The van der Waals surface area contributed by atoms with Crippen LogP contribution in [0.15, 0.2) is 12.1 Å². The quantitative estimate of drug-likeness (QED) is 0.815. The van der Waals surface area contributed by atoms with Crippen molar-refractivity contribution in [3.05, 3.63) is 27.7 Å². The summed E-state index contributed by atoms with van der Waals surface area (Å²) in [6.45, 7) is 4.82. The van der Waals surface area contributed by atoms with Gasteiger partial charge in [-0.05, 0) is 50.8 Å². The fraction of sp³-hybridized carbons (Fsp3) is 0.533. The Bertz CT molecular complexity index is 547. The van der Waals surface area contributed by atoms with Gasteiger partial charge in [0.05, 0.1) is 16.3 Å². The van der Waals surface area contributed by atoms with Crippen LogP contribution in [-0.4, -0.2) is 34.7 Å². The second kappa shape index (κ2) is 6.42. The molecule has 2 N–H and O–H groups in total. The number of nitrogens with zero attached hydrogens (tertiary/aromatic N) is 1. The standard InChI is InChI=1S/C15H20Cl2N2O2/c1-10-8-12(17)13(9-11(10)16)18-14(20)19-6-3-4-15(2,21)5-7-19/h8-9,21H,3-7H2,1-2H3,(H,18,20). The molecule has 2 rings (SSSR count). The Kier molecular flexibility index (Phi) is 5.02. The van der Waals surface area contributed by atoms with Crippen molar-refractivity contribution in [3.8, 4) is 0 Å². The van der Waals surface area contributed by atoms with E-state index in [-0.39, 0.29) is 6.03 Å². The molecule has 0 aromatic heterocycles. The van der Waals surface area contributed by atoms with Gasteiger partial charge >= 0.3 is 6.03 Å². The summed E-state index contributed by atoms with van der Waals surface area (Å²) in [4.78, 5) is 14.0. The van der Waals surface area contributed by atoms with Crippen molar-refractivity contribution < 1.29 is 9.90 Å². The average Bonchev–Trinajstić information content (AvgIpc) is 2.57. The minimum Gasteiger partial charge on any atom is -0.390 e. The number of carbonyl (C=O) groups is 1. The van der Waals surface area contributed by atoms with E-state index in [4.69, 9.17) is 23.2 Å². The van der Waals surface area contributed by atoms with E-state index in [1.54, 1.807) is 17.0 Å². The number of aliphatic hydroxyl groups is 1. The molecular weight excluding hydrogens is 311 g/mol. The molecule has 1 heterocycles. The number of nitrogens with one attached hydrogen (secondary N) is 1. The van der Waals surface area contributed by atoms with Gasteiger partial charge in [-0.25, -0.2) is 4.79 Å². The van der Waals surface area contributed by atoms with E-state index < -0.39 is 5.60 Å². The summed E-state index contributed by atoms with van der Waals surface area (Å²) in [6, 6.07) is 3.17. The zero-order chi connectivity index (χ0) is 15.6. The first kappa shape index (κ1) is 16.4. The van der Waals surface area contributed by atoms with Crippen LogP contribution in [0.1, 0.15) is 31.7 Å². The number of hydrogen-bond acceptors (Lipinski definition) is 2. The predicted octanol–water partition coefficient (Wildman–Crippen LogP) is 4.07. The third-order valence-electron chi connectivity index (χ3n) is 3.84. The lowest BCUT2D eigenvalue weighted by molar-refractivity contribution is 0.0458. The molecule has 1 fully saturated rings. The summed E-state index contributed by atoms with van der Waals surface area (Å²) in [6.07, 6.45) is 2.06. The van der Waals surface area contributed by atoms with Gasteiger partial charge in [0.2, 0.25) is 0 Å². The SMILES string of the molecule is Cc1cc(Cl)c(NC(=O)N2CCCC(C)(O)CC2)cc1Cl. The summed E-state index contributed by atoms with van der Waals surface area (Å²) < 4.78 is 0. The lowest BCUT2D eigenvalue weighted by Crippen LogP contribution is -2.36. The summed E-state index contributed by atoms with van der Waals surface area (Å²) >= 11 is 12.2. The second-order valence-electron chi connectivity index (χ2n) is 5.85. The van der Waals surface area contributed by atoms with Crippen molar-refractivity contribution in [3.63, 3.8) is 0 Å². The van der Waals surface area contributed by atoms with Gasteiger partial charge in [0.15, 0.2) is 0 Å². The fourth-order valence-corrected chi connectivity index (χ4v) is 2.83. The maximum atomic E-state index is 12.3. The van der Waals surface area contributed by atoms with Crippen molar-refractivity contribution in [1.29, 1.82) is 0 Å².